The molecule has 8 heterocycles. The van der Waals surface area contributed by atoms with Crippen molar-refractivity contribution in [1.29, 1.82) is 0 Å². The number of aromatic nitrogens is 8. The molecule has 6 radical (unpaired) electrons. The molecule has 16 nitrogen and oxygen atoms in total. The standard InChI is InChI=1S/C22H15N2.C15H10N.C12H7F3N.C12H10N.2C11H8N.C9H6NS.4C5H8O2.6Ir.Pt/c1-4-10-17(11-5-1)20-16-23-21(18-12-6-2-7-13-18)22(24-20)19-14-8-3-9-15-19;1-2-7-13(8-3-1)15-14-9-5-4-6-12(14)10-11-16-15;13-12(14,15)10-6-4-9(5-7-10)11-3-1-2-8-16-11;1-10-5-7-11(8-6-10)12-4-2-3-9-13-12;2*1-2-6-10(7-3-1)11-8-4-5-9-12-11;1-2-6-10-8(4-1)9-5-3-7-11-9;4*1-4(6)3-5(2)7;;;;;;;/h1-12,14-16H;1-7,9-11H;1-4,6-8H;2-7,9H,1H3;2*1-6,8-9H;1-4,6-7H;4*3,6H,1-2H3;;;;;;;/q7*-1;;;;;;;;;;;. The Hall–Kier alpha value is -11.9. The zero-order chi connectivity index (χ0) is 95.1. The number of nitrogens with zero attached hydrogens (tertiary/aromatic N) is 8. The van der Waals surface area contributed by atoms with Gasteiger partial charge in [-0.3, -0.25) is 24.2 Å². The quantitative estimate of drug-likeness (QED) is 0.0476. The van der Waals surface area contributed by atoms with Gasteiger partial charge in [-0.05, 0) is 148 Å². The fraction of sp³-hybridized carbons (Fsp3) is 0.0893. The molecule has 0 aliphatic heterocycles. The molecule has 0 spiro atoms. The summed E-state index contributed by atoms with van der Waals surface area (Å²) in [4.78, 5) is 76.1. The molecule has 17 aromatic rings. The predicted molar refractivity (Wildman–Crippen MR) is 522 cm³/mol. The summed E-state index contributed by atoms with van der Waals surface area (Å²) in [6.07, 6.45) is 12.8. The Bertz CT molecular complexity index is 6110. The summed E-state index contributed by atoms with van der Waals surface area (Å²) in [7, 11) is 0. The number of carbonyl (C=O) groups is 4. The number of benzene rings is 9. The molecular weight excluding hydrogens is 3020 g/mol. The number of thiophene rings is 1. The van der Waals surface area contributed by atoms with Gasteiger partial charge in [0.1, 0.15) is 0 Å². The zero-order valence-electron chi connectivity index (χ0n) is 76.4. The fourth-order valence-electron chi connectivity index (χ4n) is 11.2. The van der Waals surface area contributed by atoms with Crippen LogP contribution in [0.15, 0.2) is 418 Å². The van der Waals surface area contributed by atoms with Crippen LogP contribution in [0.3, 0.4) is 0 Å². The molecular formula is C112H96F3Ir6N8O8PtS-7. The van der Waals surface area contributed by atoms with Crippen LogP contribution in [0, 0.1) is 49.4 Å². The van der Waals surface area contributed by atoms with Gasteiger partial charge in [0.2, 0.25) is 0 Å². The number of fused-ring (bicyclic) bond motifs is 1. The molecule has 0 unspecified atom stereocenters. The molecule has 0 aliphatic carbocycles. The van der Waals surface area contributed by atoms with Crippen LogP contribution in [-0.4, -0.2) is 83.4 Å². The molecule has 730 valence electrons. The second-order valence-electron chi connectivity index (χ2n) is 28.0. The third-order valence-electron chi connectivity index (χ3n) is 16.8. The van der Waals surface area contributed by atoms with E-state index in [1.54, 1.807) is 60.5 Å². The van der Waals surface area contributed by atoms with E-state index in [4.69, 9.17) is 30.4 Å². The summed E-state index contributed by atoms with van der Waals surface area (Å²) in [5.41, 5.74) is 16.4. The molecule has 0 saturated heterocycles. The van der Waals surface area contributed by atoms with Crippen molar-refractivity contribution in [3.63, 3.8) is 0 Å². The molecule has 27 heteroatoms. The van der Waals surface area contributed by atoms with Gasteiger partial charge in [-0.15, -0.1) is 214 Å². The maximum absolute atomic E-state index is 12.3. The average Bonchev–Trinajstić information content (AvgIpc) is 1.16. The van der Waals surface area contributed by atoms with Gasteiger partial charge in [-0.25, -0.2) is 11.3 Å². The minimum Gasteiger partial charge on any atom is -0.512 e. The van der Waals surface area contributed by atoms with Crippen LogP contribution in [-0.2, 0) is 167 Å². The van der Waals surface area contributed by atoms with E-state index >= 15 is 0 Å². The van der Waals surface area contributed by atoms with Gasteiger partial charge in [0.25, 0.3) is 0 Å². The molecule has 139 heavy (non-hydrogen) atoms. The van der Waals surface area contributed by atoms with Crippen LogP contribution in [0.2, 0.25) is 0 Å². The Labute approximate surface area is 910 Å². The van der Waals surface area contributed by atoms with Crippen molar-refractivity contribution in [2.24, 2.45) is 0 Å². The monoisotopic (exact) mass is 3120 g/mol. The summed E-state index contributed by atoms with van der Waals surface area (Å²) in [6.45, 7) is 13.4. The van der Waals surface area contributed by atoms with Crippen LogP contribution in [0.1, 0.15) is 66.5 Å². The van der Waals surface area contributed by atoms with Gasteiger partial charge >= 0.3 is 6.18 Å². The number of pyridine rings is 6. The Balaban J connectivity index is 0.00000153. The van der Waals surface area contributed by atoms with Crippen molar-refractivity contribution < 1.29 is 194 Å². The molecule has 0 amide bonds. The van der Waals surface area contributed by atoms with Gasteiger partial charge in [0.15, 0.2) is 23.1 Å². The summed E-state index contributed by atoms with van der Waals surface area (Å²) in [6, 6.07) is 124. The molecule has 0 aliphatic rings. The Morgan fingerprint density at radius 2 is 0.655 bits per heavy atom. The number of halogens is 3. The van der Waals surface area contributed by atoms with E-state index in [-0.39, 0.29) is 188 Å². The van der Waals surface area contributed by atoms with Crippen molar-refractivity contribution in [3.05, 3.63) is 471 Å². The number of alkyl halides is 3. The van der Waals surface area contributed by atoms with E-state index in [0.29, 0.717) is 11.3 Å². The Kier molecular flexibility index (Phi) is 66.2. The van der Waals surface area contributed by atoms with E-state index in [2.05, 4.69) is 110 Å². The van der Waals surface area contributed by atoms with Crippen molar-refractivity contribution in [2.45, 2.75) is 68.5 Å². The van der Waals surface area contributed by atoms with Crippen LogP contribution in [0.4, 0.5) is 13.2 Å². The van der Waals surface area contributed by atoms with Crippen molar-refractivity contribution in [3.8, 4) is 101 Å². The second-order valence-corrected chi connectivity index (χ2v) is 28.9. The first-order valence-electron chi connectivity index (χ1n) is 41.0. The number of aliphatic hydroxyl groups excluding tert-OH is 4. The molecule has 0 bridgehead atoms. The number of aryl methyl sites for hydroxylation is 1. The fourth-order valence-corrected chi connectivity index (χ4v) is 11.9. The number of carbonyl (C=O) groups excluding carboxylic acids is 4. The van der Waals surface area contributed by atoms with Crippen LogP contribution < -0.4 is 0 Å². The smallest absolute Gasteiger partial charge is 0.381 e. The van der Waals surface area contributed by atoms with Gasteiger partial charge < -0.3 is 55.3 Å². The Morgan fingerprint density at radius 3 is 0.978 bits per heavy atom. The first-order valence-corrected chi connectivity index (χ1v) is 41.9. The Morgan fingerprint density at radius 1 is 0.309 bits per heavy atom. The molecule has 4 N–H and O–H groups in total. The molecule has 8 aromatic heterocycles. The third kappa shape index (κ3) is 51.0. The number of hydrogen-bond acceptors (Lipinski definition) is 17. The van der Waals surface area contributed by atoms with E-state index < -0.39 is 11.7 Å². The zero-order valence-corrected chi connectivity index (χ0v) is 93.8. The first-order chi connectivity index (χ1) is 63.7. The minimum atomic E-state index is -4.32. The van der Waals surface area contributed by atoms with Crippen molar-refractivity contribution >= 4 is 45.2 Å². The predicted octanol–water partition coefficient (Wildman–Crippen LogP) is 27.2. The first kappa shape index (κ1) is 127. The number of hydrogen-bond donors (Lipinski definition) is 4. The topological polar surface area (TPSA) is 252 Å². The van der Waals surface area contributed by atoms with Gasteiger partial charge in [0.05, 0.1) is 34.4 Å². The van der Waals surface area contributed by atoms with Gasteiger partial charge in [0, 0.05) is 221 Å². The van der Waals surface area contributed by atoms with E-state index in [1.165, 1.54) is 102 Å². The molecule has 17 rings (SSSR count). The van der Waals surface area contributed by atoms with E-state index in [9.17, 15) is 32.3 Å². The minimum absolute atomic E-state index is 0. The average molecular weight is 3120 g/mol. The number of rotatable bonds is 13. The largest absolute Gasteiger partial charge is 0.512 e. The summed E-state index contributed by atoms with van der Waals surface area (Å²) in [5, 5.41) is 37.8. The maximum atomic E-state index is 12.3. The van der Waals surface area contributed by atoms with Gasteiger partial charge in [-0.1, -0.05) is 157 Å². The summed E-state index contributed by atoms with van der Waals surface area (Å²) < 4.78 is 36.9. The van der Waals surface area contributed by atoms with Crippen LogP contribution in [0.5, 0.6) is 0 Å². The van der Waals surface area contributed by atoms with Gasteiger partial charge in [-0.2, -0.15) is 25.3 Å². The van der Waals surface area contributed by atoms with Crippen molar-refractivity contribution in [2.75, 3.05) is 0 Å². The number of ketones is 4. The SMILES string of the molecule is CC(=O)C=C(C)O.CC(=O)C=C(C)O.CC(=O)C=C(C)O.CC(=O)C=C(C)O.Cc1c[c-]c(-c2ccccn2)cc1.FC(F)(F)c1c[c-]c(-c2ccccn2)cc1.[Ir].[Ir].[Ir].[Ir].[Ir].[Ir].[Pt].[c-]1ccccc1-c1ccccn1.[c-]1ccccc1-c1ccccn1.[c-]1ccccc1-c1ncc(-c2ccccc2)nc1-c1ccccc1.[c-]1ccccc1-c1nccc2ccccc12.[c-]1ccsc1-c1ccccn1. The van der Waals surface area contributed by atoms with Crippen LogP contribution >= 0.6 is 11.3 Å². The van der Waals surface area contributed by atoms with Crippen LogP contribution in [0.25, 0.3) is 111 Å². The van der Waals surface area contributed by atoms with E-state index in [1.807, 2.05) is 273 Å². The second kappa shape index (κ2) is 72.4. The molecule has 0 fully saturated rings. The maximum Gasteiger partial charge on any atom is 0.381 e. The molecule has 9 aromatic carbocycles. The van der Waals surface area contributed by atoms with Crippen molar-refractivity contribution in [1.82, 2.24) is 39.9 Å². The normalized spacial score (nSPS) is 10.0. The third-order valence-corrected chi connectivity index (χ3v) is 17.6. The number of aliphatic hydroxyl groups is 4. The molecule has 0 saturated carbocycles. The van der Waals surface area contributed by atoms with E-state index in [0.717, 1.165) is 102 Å². The summed E-state index contributed by atoms with van der Waals surface area (Å²) in [5.74, 6) is -0.250. The summed E-state index contributed by atoms with van der Waals surface area (Å²) >= 11 is 1.66. The number of allylic oxidation sites excluding steroid dienone is 8. The molecule has 0 atom stereocenters.